The Kier molecular flexibility index (Phi) is 18.6. The molecule has 5 aliphatic rings. The molecule has 0 saturated carbocycles. The van der Waals surface area contributed by atoms with E-state index in [0.29, 0.717) is 0 Å². The second-order valence-electron chi connectivity index (χ2n) is 15.6. The number of carbonyl (C=O) groups excluding carboxylic acids is 2. The number of nitrogens with two attached hydrogens (primary N) is 1. The van der Waals surface area contributed by atoms with Crippen LogP contribution in [0.4, 0.5) is 0 Å². The van der Waals surface area contributed by atoms with E-state index in [2.05, 4.69) is 15.5 Å². The third-order valence-corrected chi connectivity index (χ3v) is 11.2. The first-order valence-corrected chi connectivity index (χ1v) is 19.8. The van der Waals surface area contributed by atoms with Crippen LogP contribution in [0.15, 0.2) is 0 Å². The molecule has 5 fully saturated rings. The Bertz CT molecular complexity index is 1460. The van der Waals surface area contributed by atoms with Gasteiger partial charge in [0, 0.05) is 13.8 Å². The molecule has 5 heterocycles. The fourth-order valence-corrected chi connectivity index (χ4v) is 7.79. The normalized spacial score (nSPS) is 48.4. The van der Waals surface area contributed by atoms with E-state index in [1.54, 1.807) is 0 Å². The molecule has 63 heavy (non-hydrogen) atoms. The van der Waals surface area contributed by atoms with Crippen LogP contribution in [0.25, 0.3) is 0 Å². The molecule has 29 nitrogen and oxygen atoms in total. The molecule has 18 N–H and O–H groups in total. The van der Waals surface area contributed by atoms with Gasteiger partial charge in [-0.05, 0) is 0 Å². The third-order valence-electron chi connectivity index (χ3n) is 11.2. The van der Waals surface area contributed by atoms with Gasteiger partial charge in [0.2, 0.25) is 11.8 Å². The molecule has 366 valence electrons. The van der Waals surface area contributed by atoms with Crippen molar-refractivity contribution in [3.05, 3.63) is 0 Å². The molecular formula is C34H59N3O26. The molecule has 25 atom stereocenters. The van der Waals surface area contributed by atoms with E-state index in [4.69, 9.17) is 48.5 Å². The van der Waals surface area contributed by atoms with Crippen molar-refractivity contribution in [1.82, 2.24) is 10.6 Å². The highest BCUT2D eigenvalue weighted by Crippen LogP contribution is 2.35. The summed E-state index contributed by atoms with van der Waals surface area (Å²) in [6.07, 6.45) is -42.8. The second kappa shape index (κ2) is 22.6. The molecule has 0 spiro atoms. The molecule has 5 saturated heterocycles. The van der Waals surface area contributed by atoms with Crippen LogP contribution < -0.4 is 16.5 Å². The summed E-state index contributed by atoms with van der Waals surface area (Å²) in [6.45, 7) is -2.01. The van der Waals surface area contributed by atoms with E-state index in [9.17, 15) is 81.1 Å². The van der Waals surface area contributed by atoms with Gasteiger partial charge in [-0.15, -0.1) is 0 Å². The van der Waals surface area contributed by atoms with Gasteiger partial charge >= 0.3 is 0 Å². The Morgan fingerprint density at radius 1 is 0.460 bits per heavy atom. The summed E-state index contributed by atoms with van der Waals surface area (Å²) < 4.78 is 51.5. The largest absolute Gasteiger partial charge is 0.394 e. The Labute approximate surface area is 357 Å². The average Bonchev–Trinajstić information content (AvgIpc) is 3.24. The maximum Gasteiger partial charge on any atom is 0.217 e. The maximum atomic E-state index is 12.1. The maximum absolute atomic E-state index is 12.1. The summed E-state index contributed by atoms with van der Waals surface area (Å²) in [4.78, 5) is 28.7. The van der Waals surface area contributed by atoms with Crippen LogP contribution in [-0.4, -0.2) is 270 Å². The van der Waals surface area contributed by atoms with Crippen LogP contribution in [0.5, 0.6) is 0 Å². The number of carbonyl (C=O) groups is 2. The number of amides is 2. The van der Waals surface area contributed by atoms with E-state index < -0.39 is 198 Å². The zero-order valence-corrected chi connectivity index (χ0v) is 33.7. The molecule has 5 rings (SSSR count). The van der Waals surface area contributed by atoms with E-state index in [0.717, 1.165) is 13.8 Å². The topological polar surface area (TPSA) is 460 Å². The lowest BCUT2D eigenvalue weighted by atomic mass is 9.94. The molecule has 2 amide bonds. The van der Waals surface area contributed by atoms with Gasteiger partial charge in [0.15, 0.2) is 31.5 Å². The second-order valence-corrected chi connectivity index (χ2v) is 15.6. The van der Waals surface area contributed by atoms with Crippen molar-refractivity contribution in [2.24, 2.45) is 5.90 Å². The number of nitrogens with one attached hydrogen (secondary N) is 2. The molecule has 0 aromatic carbocycles. The first-order valence-electron chi connectivity index (χ1n) is 19.8. The van der Waals surface area contributed by atoms with Gasteiger partial charge in [-0.3, -0.25) is 9.59 Å². The summed E-state index contributed by atoms with van der Waals surface area (Å²) in [5.74, 6) is 3.77. The summed E-state index contributed by atoms with van der Waals surface area (Å²) in [5.41, 5.74) is 0. The van der Waals surface area contributed by atoms with E-state index in [1.165, 1.54) is 0 Å². The summed E-state index contributed by atoms with van der Waals surface area (Å²) in [6, 6.07) is -3.17. The smallest absolute Gasteiger partial charge is 0.217 e. The molecule has 0 unspecified atom stereocenters. The van der Waals surface area contributed by atoms with Gasteiger partial charge in [0.1, 0.15) is 122 Å². The van der Waals surface area contributed by atoms with Gasteiger partial charge in [0.05, 0.1) is 33.0 Å². The number of hydrogen-bond acceptors (Lipinski definition) is 27. The van der Waals surface area contributed by atoms with Crippen LogP contribution in [0.1, 0.15) is 13.8 Å². The number of aliphatic hydroxyl groups is 14. The number of hydrogen-bond donors (Lipinski definition) is 17. The van der Waals surface area contributed by atoms with Crippen molar-refractivity contribution in [3.63, 3.8) is 0 Å². The first-order chi connectivity index (χ1) is 29.8. The van der Waals surface area contributed by atoms with E-state index in [-0.39, 0.29) is 0 Å². The lowest BCUT2D eigenvalue weighted by Crippen LogP contribution is -2.69. The number of rotatable bonds is 16. The van der Waals surface area contributed by atoms with E-state index in [1.807, 2.05) is 0 Å². The quantitative estimate of drug-likeness (QED) is 0.0639. The van der Waals surface area contributed by atoms with Crippen molar-refractivity contribution in [2.45, 2.75) is 167 Å². The Morgan fingerprint density at radius 2 is 0.952 bits per heavy atom. The summed E-state index contributed by atoms with van der Waals surface area (Å²) in [5, 5.41) is 154. The summed E-state index contributed by atoms with van der Waals surface area (Å²) >= 11 is 0. The zero-order chi connectivity index (χ0) is 46.6. The van der Waals surface area contributed by atoms with Crippen molar-refractivity contribution < 1.29 is 129 Å². The third kappa shape index (κ3) is 11.6. The molecule has 0 aliphatic carbocycles. The highest BCUT2D eigenvalue weighted by molar-refractivity contribution is 5.73. The highest BCUT2D eigenvalue weighted by atomic mass is 16.8. The van der Waals surface area contributed by atoms with Crippen molar-refractivity contribution in [3.8, 4) is 0 Å². The predicted molar refractivity (Wildman–Crippen MR) is 193 cm³/mol. The van der Waals surface area contributed by atoms with Crippen LogP contribution in [0.3, 0.4) is 0 Å². The Hall–Kier alpha value is -2.06. The highest BCUT2D eigenvalue weighted by Gasteiger charge is 2.56. The molecular weight excluding hydrogens is 866 g/mol. The molecule has 0 aromatic heterocycles. The van der Waals surface area contributed by atoms with Crippen LogP contribution in [0.2, 0.25) is 0 Å². The van der Waals surface area contributed by atoms with Gasteiger partial charge in [-0.25, -0.2) is 5.90 Å². The van der Waals surface area contributed by atoms with Gasteiger partial charge in [-0.1, -0.05) is 0 Å². The monoisotopic (exact) mass is 925 g/mol. The van der Waals surface area contributed by atoms with Gasteiger partial charge < -0.3 is 130 Å². The van der Waals surface area contributed by atoms with Gasteiger partial charge in [-0.2, -0.15) is 0 Å². The molecule has 5 aliphatic heterocycles. The van der Waals surface area contributed by atoms with Gasteiger partial charge in [0.25, 0.3) is 0 Å². The first kappa shape index (κ1) is 51.9. The lowest BCUT2D eigenvalue weighted by molar-refractivity contribution is -0.392. The Balaban J connectivity index is 1.48. The van der Waals surface area contributed by atoms with Crippen molar-refractivity contribution >= 4 is 11.8 Å². The molecule has 0 radical (unpaired) electrons. The van der Waals surface area contributed by atoms with Crippen molar-refractivity contribution in [1.29, 1.82) is 0 Å². The molecule has 0 bridgehead atoms. The number of aliphatic hydroxyl groups excluding tert-OH is 14. The predicted octanol–water partition coefficient (Wildman–Crippen LogP) is -11.7. The van der Waals surface area contributed by atoms with Crippen molar-refractivity contribution in [2.75, 3.05) is 33.0 Å². The fraction of sp³-hybridized carbons (Fsp3) is 0.941. The van der Waals surface area contributed by atoms with Crippen LogP contribution >= 0.6 is 0 Å². The minimum absolute atomic E-state index is 0.579. The summed E-state index contributed by atoms with van der Waals surface area (Å²) in [7, 11) is 0. The van der Waals surface area contributed by atoms with Crippen LogP contribution in [0, 0.1) is 0 Å². The minimum Gasteiger partial charge on any atom is -0.394 e. The average molecular weight is 926 g/mol. The number of ether oxygens (including phenoxy) is 9. The molecule has 29 heteroatoms. The van der Waals surface area contributed by atoms with E-state index >= 15 is 0 Å². The Morgan fingerprint density at radius 3 is 1.52 bits per heavy atom. The standard InChI is InChI=1S/C34H59N3O26/c1-8(41)36-15-22(48)27(14(7-55-35)56-30(15)53)61-33-26(52)28(20(46)13(60-33)6-54-32-25(51)23(49)18(44)11(4-39)58-32)62-34-29(24(50)19(45)12(5-40)59-34)63-31-16(37-9(2)42)21(47)17(43)10(3-38)57-31/h10-34,38-40,43-53H,3-7,35H2,1-2H3,(H,36,41)(H,37,42)/t10-,11-,12-,13-,14-,15-,16-,17-,18-,19-,20-,21-,22-,23+,24+,25+,26+,27-,28+,29+,30-,31+,32+,33+,34-/m1/s1. The molecule has 0 aromatic rings. The lowest BCUT2D eigenvalue weighted by Gasteiger charge is -2.50. The fourth-order valence-electron chi connectivity index (χ4n) is 7.79. The van der Waals surface area contributed by atoms with Crippen LogP contribution in [-0.2, 0) is 57.1 Å². The minimum atomic E-state index is -2.21. The zero-order valence-electron chi connectivity index (χ0n) is 33.7. The SMILES string of the molecule is CC(=O)N[C@@H]1[C@@H](O)[C@H](O[C@@H]2O[C@H](CO[C@H]3O[C@H](CO)[C@@H](O)[C@H](O)[C@@H]3O)[C@@H](O)[C@H](O[C@H]3O[C@H](CO)[C@@H](O)[C@H](O)[C@@H]3O[C@@H]3O[C@H](CO)[C@@H](O)[C@H](O)[C@H]3NC(C)=O)[C@@H]2O)[C@@H](CON)O[C@H]1O.